The molecule has 1 aromatic rings. The molecule has 2 fully saturated rings. The molecule has 0 bridgehead atoms. The molecular formula is C17H19N3O5. The van der Waals surface area contributed by atoms with Gasteiger partial charge >= 0.3 is 17.8 Å². The Morgan fingerprint density at radius 1 is 1.12 bits per heavy atom. The molecule has 0 aromatic heterocycles. The van der Waals surface area contributed by atoms with Gasteiger partial charge in [-0.15, -0.1) is 0 Å². The number of carbonyl (C=O) groups is 4. The molecule has 0 unspecified atom stereocenters. The molecule has 25 heavy (non-hydrogen) atoms. The summed E-state index contributed by atoms with van der Waals surface area (Å²) < 4.78 is 5.39. The Kier molecular flexibility index (Phi) is 5.08. The zero-order chi connectivity index (χ0) is 17.8. The number of carbonyl (C=O) groups excluding carboxylic acids is 4. The van der Waals surface area contributed by atoms with E-state index in [1.807, 2.05) is 6.07 Å². The Hall–Kier alpha value is -2.74. The highest BCUT2D eigenvalue weighted by Gasteiger charge is 2.45. The maximum atomic E-state index is 12.3. The first-order valence-electron chi connectivity index (χ1n) is 8.16. The van der Waals surface area contributed by atoms with Crippen LogP contribution in [0.5, 0.6) is 0 Å². The summed E-state index contributed by atoms with van der Waals surface area (Å²) >= 11 is 0. The summed E-state index contributed by atoms with van der Waals surface area (Å²) in [5.74, 6) is -2.39. The van der Waals surface area contributed by atoms with E-state index in [1.54, 1.807) is 24.3 Å². The number of rotatable bonds is 6. The number of imide groups is 2. The quantitative estimate of drug-likeness (QED) is 0.590. The van der Waals surface area contributed by atoms with Crippen molar-refractivity contribution in [3.63, 3.8) is 0 Å². The molecule has 0 aliphatic carbocycles. The molecule has 2 aliphatic heterocycles. The molecular weight excluding hydrogens is 326 g/mol. The van der Waals surface area contributed by atoms with Gasteiger partial charge in [0.05, 0.1) is 12.6 Å². The summed E-state index contributed by atoms with van der Waals surface area (Å²) in [5.41, 5.74) is 0.724. The van der Waals surface area contributed by atoms with Gasteiger partial charge in [-0.1, -0.05) is 30.3 Å². The molecule has 1 N–H and O–H groups in total. The van der Waals surface area contributed by atoms with E-state index >= 15 is 0 Å². The maximum absolute atomic E-state index is 12.3. The zero-order valence-corrected chi connectivity index (χ0v) is 13.6. The second-order valence-corrected chi connectivity index (χ2v) is 5.99. The molecule has 0 saturated carbocycles. The predicted molar refractivity (Wildman–Crippen MR) is 86.1 cm³/mol. The number of benzene rings is 1. The Morgan fingerprint density at radius 3 is 2.52 bits per heavy atom. The summed E-state index contributed by atoms with van der Waals surface area (Å²) in [4.78, 5) is 49.9. The molecule has 8 heteroatoms. The number of nitrogens with one attached hydrogen (secondary N) is 1. The van der Waals surface area contributed by atoms with Crippen molar-refractivity contribution >= 4 is 23.8 Å². The normalized spacial score (nSPS) is 20.5. The molecule has 5 amide bonds. The Balaban J connectivity index is 1.58. The van der Waals surface area contributed by atoms with Crippen LogP contribution in [0.2, 0.25) is 0 Å². The largest absolute Gasteiger partial charge is 0.376 e. The van der Waals surface area contributed by atoms with E-state index in [9.17, 15) is 19.2 Å². The predicted octanol–water partition coefficient (Wildman–Crippen LogP) is 0.273. The number of hydrogen-bond donors (Lipinski definition) is 1. The topological polar surface area (TPSA) is 96.0 Å². The van der Waals surface area contributed by atoms with Crippen molar-refractivity contribution in [3.05, 3.63) is 35.9 Å². The fraction of sp³-hybridized carbons (Fsp3) is 0.412. The summed E-state index contributed by atoms with van der Waals surface area (Å²) in [6.45, 7) is 0.531. The summed E-state index contributed by atoms with van der Waals surface area (Å²) in [6.07, 6.45) is 1.78. The van der Waals surface area contributed by atoms with Crippen molar-refractivity contribution < 1.29 is 23.9 Å². The van der Waals surface area contributed by atoms with E-state index < -0.39 is 30.3 Å². The molecule has 1 aromatic carbocycles. The third-order valence-electron chi connectivity index (χ3n) is 4.17. The van der Waals surface area contributed by atoms with Crippen LogP contribution < -0.4 is 5.32 Å². The van der Waals surface area contributed by atoms with Gasteiger partial charge < -0.3 is 10.1 Å². The van der Waals surface area contributed by atoms with Gasteiger partial charge in [-0.25, -0.2) is 9.69 Å². The van der Waals surface area contributed by atoms with Gasteiger partial charge in [0.2, 0.25) is 5.91 Å². The van der Waals surface area contributed by atoms with Crippen LogP contribution in [0.1, 0.15) is 18.4 Å². The number of urea groups is 1. The number of amides is 5. The van der Waals surface area contributed by atoms with Crippen molar-refractivity contribution in [1.29, 1.82) is 0 Å². The standard InChI is InChI=1S/C17H19N3O5/c21-14(18-9-13-7-4-8-25-13)11-20-16(23)15(22)19(17(20)24)10-12-5-2-1-3-6-12/h1-3,5-6,13H,4,7-11H2,(H,18,21)/t13-/m0/s1. The van der Waals surface area contributed by atoms with E-state index in [1.165, 1.54) is 0 Å². The fourth-order valence-electron chi connectivity index (χ4n) is 2.83. The molecule has 2 aliphatic rings. The van der Waals surface area contributed by atoms with E-state index in [0.29, 0.717) is 18.1 Å². The highest BCUT2D eigenvalue weighted by atomic mass is 16.5. The maximum Gasteiger partial charge on any atom is 0.335 e. The average Bonchev–Trinajstić information content (AvgIpc) is 3.20. The van der Waals surface area contributed by atoms with Crippen LogP contribution in [0, 0.1) is 0 Å². The molecule has 0 radical (unpaired) electrons. The number of nitrogens with zero attached hydrogens (tertiary/aromatic N) is 2. The summed E-state index contributed by atoms with van der Waals surface area (Å²) in [6, 6.07) is 8.10. The minimum Gasteiger partial charge on any atom is -0.376 e. The van der Waals surface area contributed by atoms with Crippen LogP contribution in [0.15, 0.2) is 30.3 Å². The van der Waals surface area contributed by atoms with Crippen molar-refractivity contribution in [2.75, 3.05) is 19.7 Å². The second kappa shape index (κ2) is 7.43. The minimum absolute atomic E-state index is 0.00171. The van der Waals surface area contributed by atoms with Crippen LogP contribution in [-0.4, -0.2) is 59.4 Å². The van der Waals surface area contributed by atoms with Gasteiger partial charge in [0, 0.05) is 13.2 Å². The molecule has 8 nitrogen and oxygen atoms in total. The van der Waals surface area contributed by atoms with Crippen molar-refractivity contribution in [1.82, 2.24) is 15.1 Å². The van der Waals surface area contributed by atoms with Crippen LogP contribution in [0.3, 0.4) is 0 Å². The monoisotopic (exact) mass is 345 g/mol. The van der Waals surface area contributed by atoms with Gasteiger partial charge in [-0.2, -0.15) is 0 Å². The van der Waals surface area contributed by atoms with Crippen molar-refractivity contribution in [2.45, 2.75) is 25.5 Å². The number of ether oxygens (including phenoxy) is 1. The molecule has 0 spiro atoms. The lowest BCUT2D eigenvalue weighted by Crippen LogP contribution is -2.43. The average molecular weight is 345 g/mol. The molecule has 2 saturated heterocycles. The van der Waals surface area contributed by atoms with E-state index in [0.717, 1.165) is 23.3 Å². The summed E-state index contributed by atoms with van der Waals surface area (Å²) in [7, 11) is 0. The Bertz CT molecular complexity index is 685. The lowest BCUT2D eigenvalue weighted by atomic mass is 10.2. The van der Waals surface area contributed by atoms with Crippen LogP contribution in [-0.2, 0) is 25.7 Å². The zero-order valence-electron chi connectivity index (χ0n) is 13.6. The van der Waals surface area contributed by atoms with Gasteiger partial charge in [0.25, 0.3) is 0 Å². The molecule has 3 rings (SSSR count). The van der Waals surface area contributed by atoms with Gasteiger partial charge in [-0.3, -0.25) is 19.3 Å². The van der Waals surface area contributed by atoms with Crippen molar-refractivity contribution in [2.24, 2.45) is 0 Å². The van der Waals surface area contributed by atoms with Gasteiger partial charge in [0.15, 0.2) is 0 Å². The first kappa shape index (κ1) is 17.1. The first-order chi connectivity index (χ1) is 12.1. The number of hydrogen-bond acceptors (Lipinski definition) is 5. The molecule has 2 heterocycles. The van der Waals surface area contributed by atoms with E-state index in [2.05, 4.69) is 5.32 Å². The lowest BCUT2D eigenvalue weighted by Gasteiger charge is -2.16. The van der Waals surface area contributed by atoms with Crippen LogP contribution in [0.25, 0.3) is 0 Å². The Labute approximate surface area is 144 Å². The molecule has 132 valence electrons. The highest BCUT2D eigenvalue weighted by molar-refractivity contribution is 6.44. The van der Waals surface area contributed by atoms with Crippen LogP contribution in [0.4, 0.5) is 4.79 Å². The summed E-state index contributed by atoms with van der Waals surface area (Å²) in [5, 5.41) is 2.63. The molecule has 1 atom stereocenters. The lowest BCUT2D eigenvalue weighted by molar-refractivity contribution is -0.144. The third-order valence-corrected chi connectivity index (χ3v) is 4.17. The second-order valence-electron chi connectivity index (χ2n) is 5.99. The van der Waals surface area contributed by atoms with Crippen LogP contribution >= 0.6 is 0 Å². The fourth-order valence-corrected chi connectivity index (χ4v) is 2.83. The van der Waals surface area contributed by atoms with Crippen molar-refractivity contribution in [3.8, 4) is 0 Å². The van der Waals surface area contributed by atoms with E-state index in [-0.39, 0.29) is 12.6 Å². The van der Waals surface area contributed by atoms with E-state index in [4.69, 9.17) is 4.74 Å². The third kappa shape index (κ3) is 3.85. The first-order valence-corrected chi connectivity index (χ1v) is 8.16. The van der Waals surface area contributed by atoms with Gasteiger partial charge in [-0.05, 0) is 18.4 Å². The SMILES string of the molecule is O=C(CN1C(=O)C(=O)N(Cc2ccccc2)C1=O)NC[C@@H]1CCCO1. The highest BCUT2D eigenvalue weighted by Crippen LogP contribution is 2.16. The Morgan fingerprint density at radius 2 is 1.84 bits per heavy atom. The van der Waals surface area contributed by atoms with Gasteiger partial charge in [0.1, 0.15) is 6.54 Å². The smallest absolute Gasteiger partial charge is 0.335 e. The minimum atomic E-state index is -0.979.